The molecule has 1 aromatic rings. The Morgan fingerprint density at radius 2 is 1.93 bits per heavy atom. The van der Waals surface area contributed by atoms with Gasteiger partial charge in [0, 0.05) is 6.07 Å². The fourth-order valence-electron chi connectivity index (χ4n) is 0.867. The third-order valence-electron chi connectivity index (χ3n) is 1.50. The van der Waals surface area contributed by atoms with E-state index in [-0.39, 0.29) is 0 Å². The first kappa shape index (κ1) is 11.1. The van der Waals surface area contributed by atoms with Crippen LogP contribution in [0.15, 0.2) is 11.0 Å². The van der Waals surface area contributed by atoms with Gasteiger partial charge in [0.2, 0.25) is 5.82 Å². The quantitative estimate of drug-likeness (QED) is 0.347. The Labute approximate surface area is 83.6 Å². The summed E-state index contributed by atoms with van der Waals surface area (Å²) in [5.41, 5.74) is 9.51. The Kier molecular flexibility index (Phi) is 2.47. The highest BCUT2D eigenvalue weighted by molar-refractivity contribution is 7.86. The Hall–Kier alpha value is -1.94. The highest BCUT2D eigenvalue weighted by atomic mass is 32.2. The lowest BCUT2D eigenvalue weighted by Gasteiger charge is -2.02. The second kappa shape index (κ2) is 3.33. The number of pyridine rings is 1. The van der Waals surface area contributed by atoms with E-state index in [1.54, 1.807) is 0 Å². The summed E-state index contributed by atoms with van der Waals surface area (Å²) in [4.78, 5) is 11.8. The van der Waals surface area contributed by atoms with Gasteiger partial charge in [0.1, 0.15) is 10.7 Å². The summed E-state index contributed by atoms with van der Waals surface area (Å²) >= 11 is 0. The zero-order chi connectivity index (χ0) is 11.8. The highest BCUT2D eigenvalue weighted by Gasteiger charge is 2.23. The molecule has 0 unspecified atom stereocenters. The van der Waals surface area contributed by atoms with Gasteiger partial charge in [-0.15, -0.1) is 0 Å². The monoisotopic (exact) mass is 234 g/mol. The van der Waals surface area contributed by atoms with Crippen molar-refractivity contribution in [2.75, 3.05) is 11.5 Å². The van der Waals surface area contributed by atoms with Gasteiger partial charge in [0.15, 0.2) is 0 Å². The van der Waals surface area contributed by atoms with Crippen LogP contribution in [0.25, 0.3) is 0 Å². The van der Waals surface area contributed by atoms with Crippen molar-refractivity contribution < 1.29 is 17.9 Å². The Balaban J connectivity index is 3.58. The molecule has 1 heterocycles. The van der Waals surface area contributed by atoms with Gasteiger partial charge in [-0.3, -0.25) is 14.7 Å². The van der Waals surface area contributed by atoms with Crippen molar-refractivity contribution in [1.82, 2.24) is 4.98 Å². The summed E-state index contributed by atoms with van der Waals surface area (Å²) < 4.78 is 30.1. The maximum Gasteiger partial charge on any atom is 0.312 e. The average Bonchev–Trinajstić information content (AvgIpc) is 2.00. The maximum atomic E-state index is 10.7. The van der Waals surface area contributed by atoms with Gasteiger partial charge >= 0.3 is 5.69 Å². The molecule has 15 heavy (non-hydrogen) atoms. The van der Waals surface area contributed by atoms with Crippen molar-refractivity contribution in [2.45, 2.75) is 4.90 Å². The van der Waals surface area contributed by atoms with E-state index < -0.39 is 37.3 Å². The van der Waals surface area contributed by atoms with Crippen LogP contribution in [0.1, 0.15) is 0 Å². The topological polar surface area (TPSA) is 162 Å². The maximum absolute atomic E-state index is 10.7. The molecule has 10 heteroatoms. The molecule has 0 radical (unpaired) electrons. The van der Waals surface area contributed by atoms with E-state index in [1.165, 1.54) is 0 Å². The number of nitrogens with two attached hydrogens (primary N) is 2. The van der Waals surface area contributed by atoms with E-state index in [2.05, 4.69) is 4.98 Å². The van der Waals surface area contributed by atoms with E-state index in [0.717, 1.165) is 0 Å². The van der Waals surface area contributed by atoms with E-state index in [0.29, 0.717) is 6.07 Å². The van der Waals surface area contributed by atoms with Gasteiger partial charge in [0.05, 0.1) is 4.92 Å². The zero-order valence-corrected chi connectivity index (χ0v) is 7.93. The highest BCUT2D eigenvalue weighted by Crippen LogP contribution is 2.26. The van der Waals surface area contributed by atoms with Crippen molar-refractivity contribution in [2.24, 2.45) is 0 Å². The standard InChI is InChI=1S/C5H6N4O5S/c6-4-2(9(10)11)1-3(5(7)8-4)15(12,13)14/h1H,(H4,6,7,8)(H,12,13,14). The number of rotatable bonds is 2. The smallest absolute Gasteiger partial charge is 0.312 e. The molecule has 82 valence electrons. The van der Waals surface area contributed by atoms with Crippen molar-refractivity contribution in [1.29, 1.82) is 0 Å². The van der Waals surface area contributed by atoms with Crippen molar-refractivity contribution >= 4 is 27.4 Å². The van der Waals surface area contributed by atoms with Gasteiger partial charge in [-0.25, -0.2) is 4.98 Å². The van der Waals surface area contributed by atoms with E-state index >= 15 is 0 Å². The number of hydrogen-bond donors (Lipinski definition) is 3. The fourth-order valence-corrected chi connectivity index (χ4v) is 1.44. The van der Waals surface area contributed by atoms with Crippen LogP contribution in [0.2, 0.25) is 0 Å². The summed E-state index contributed by atoms with van der Waals surface area (Å²) in [5.74, 6) is -1.12. The molecule has 1 rings (SSSR count). The minimum Gasteiger partial charge on any atom is -0.382 e. The summed E-state index contributed by atoms with van der Waals surface area (Å²) in [6.45, 7) is 0. The summed E-state index contributed by atoms with van der Waals surface area (Å²) in [5, 5.41) is 10.4. The molecule has 0 bridgehead atoms. The minimum atomic E-state index is -4.65. The lowest BCUT2D eigenvalue weighted by atomic mass is 10.4. The van der Waals surface area contributed by atoms with Gasteiger partial charge < -0.3 is 11.5 Å². The molecule has 0 fully saturated rings. The number of nitrogens with zero attached hydrogens (tertiary/aromatic N) is 2. The number of nitro groups is 1. The molecule has 0 atom stereocenters. The lowest BCUT2D eigenvalue weighted by Crippen LogP contribution is -2.09. The molecule has 0 amide bonds. The van der Waals surface area contributed by atoms with Gasteiger partial charge in [0.25, 0.3) is 10.1 Å². The summed E-state index contributed by atoms with van der Waals surface area (Å²) in [6, 6.07) is 0.549. The van der Waals surface area contributed by atoms with Crippen LogP contribution >= 0.6 is 0 Å². The Bertz CT molecular complexity index is 524. The molecule has 0 saturated heterocycles. The second-order valence-corrected chi connectivity index (χ2v) is 3.90. The molecular formula is C5H6N4O5S. The largest absolute Gasteiger partial charge is 0.382 e. The Morgan fingerprint density at radius 1 is 1.40 bits per heavy atom. The molecule has 9 nitrogen and oxygen atoms in total. The molecule has 0 aromatic carbocycles. The van der Waals surface area contributed by atoms with Crippen molar-refractivity contribution in [3.63, 3.8) is 0 Å². The van der Waals surface area contributed by atoms with E-state index in [9.17, 15) is 18.5 Å². The van der Waals surface area contributed by atoms with Crippen LogP contribution in [-0.2, 0) is 10.1 Å². The predicted octanol–water partition coefficient (Wildman–Crippen LogP) is -0.599. The first-order chi connectivity index (χ1) is 6.73. The van der Waals surface area contributed by atoms with Crippen LogP contribution in [0.3, 0.4) is 0 Å². The third kappa shape index (κ3) is 2.11. The Morgan fingerprint density at radius 3 is 2.33 bits per heavy atom. The van der Waals surface area contributed by atoms with E-state index in [4.69, 9.17) is 16.0 Å². The van der Waals surface area contributed by atoms with Crippen LogP contribution in [-0.4, -0.2) is 22.9 Å². The van der Waals surface area contributed by atoms with Gasteiger partial charge in [-0.1, -0.05) is 0 Å². The normalized spacial score (nSPS) is 11.3. The number of anilines is 2. The molecule has 0 aliphatic heterocycles. The number of nitrogen functional groups attached to an aromatic ring is 2. The second-order valence-electron chi connectivity index (χ2n) is 2.51. The SMILES string of the molecule is Nc1nc(N)c(S(=O)(=O)O)cc1[N+](=O)[O-]. The van der Waals surface area contributed by atoms with Crippen LogP contribution in [0.5, 0.6) is 0 Å². The first-order valence-electron chi connectivity index (χ1n) is 3.41. The molecule has 5 N–H and O–H groups in total. The first-order valence-corrected chi connectivity index (χ1v) is 4.85. The molecule has 0 spiro atoms. The molecular weight excluding hydrogens is 228 g/mol. The minimum absolute atomic E-state index is 0.523. The summed E-state index contributed by atoms with van der Waals surface area (Å²) in [6.07, 6.45) is 0. The molecule has 0 aliphatic rings. The van der Waals surface area contributed by atoms with Gasteiger partial charge in [-0.05, 0) is 0 Å². The van der Waals surface area contributed by atoms with Gasteiger partial charge in [-0.2, -0.15) is 8.42 Å². The molecule has 0 aliphatic carbocycles. The van der Waals surface area contributed by atoms with Crippen LogP contribution < -0.4 is 11.5 Å². The zero-order valence-electron chi connectivity index (χ0n) is 7.11. The van der Waals surface area contributed by atoms with Crippen molar-refractivity contribution in [3.8, 4) is 0 Å². The molecule has 1 aromatic heterocycles. The van der Waals surface area contributed by atoms with E-state index in [1.807, 2.05) is 0 Å². The summed E-state index contributed by atoms with van der Waals surface area (Å²) in [7, 11) is -4.65. The lowest BCUT2D eigenvalue weighted by molar-refractivity contribution is -0.384. The fraction of sp³-hybridized carbons (Fsp3) is 0. The predicted molar refractivity (Wildman–Crippen MR) is 49.5 cm³/mol. The number of aromatic nitrogens is 1. The van der Waals surface area contributed by atoms with Crippen LogP contribution in [0, 0.1) is 10.1 Å². The van der Waals surface area contributed by atoms with Crippen molar-refractivity contribution in [3.05, 3.63) is 16.2 Å². The average molecular weight is 234 g/mol. The third-order valence-corrected chi connectivity index (χ3v) is 2.38. The van der Waals surface area contributed by atoms with Crippen LogP contribution in [0.4, 0.5) is 17.3 Å². The molecule has 0 saturated carbocycles. The number of hydrogen-bond acceptors (Lipinski definition) is 7.